The molecule has 1 aliphatic rings. The van der Waals surface area contributed by atoms with Crippen LogP contribution in [-0.4, -0.2) is 60.3 Å². The summed E-state index contributed by atoms with van der Waals surface area (Å²) >= 11 is 1.63. The minimum atomic E-state index is -0.993. The standard InChI is InChI=1S/C13H24N2O4S/c1-13(18,5-7-20-2)9-15-12(17)11(16)14-8-10-4-3-6-19-10/h10,18H,3-9H2,1-2H3,(H,14,16)(H,15,17)/t10-,13+/m0/s1. The van der Waals surface area contributed by atoms with Crippen LogP contribution < -0.4 is 10.6 Å². The second-order valence-electron chi connectivity index (χ2n) is 5.27. The molecule has 116 valence electrons. The van der Waals surface area contributed by atoms with E-state index in [0.29, 0.717) is 19.6 Å². The topological polar surface area (TPSA) is 87.7 Å². The second kappa shape index (κ2) is 8.49. The molecule has 2 atom stereocenters. The Balaban J connectivity index is 2.21. The van der Waals surface area contributed by atoms with Gasteiger partial charge in [-0.2, -0.15) is 11.8 Å². The molecular weight excluding hydrogens is 280 g/mol. The van der Waals surface area contributed by atoms with E-state index in [9.17, 15) is 14.7 Å². The quantitative estimate of drug-likeness (QED) is 0.572. The molecule has 0 bridgehead atoms. The van der Waals surface area contributed by atoms with Crippen LogP contribution in [0.1, 0.15) is 26.2 Å². The third kappa shape index (κ3) is 6.58. The van der Waals surface area contributed by atoms with Gasteiger partial charge in [0.25, 0.3) is 0 Å². The number of nitrogens with one attached hydrogen (secondary N) is 2. The van der Waals surface area contributed by atoms with E-state index < -0.39 is 17.4 Å². The second-order valence-corrected chi connectivity index (χ2v) is 6.25. The Morgan fingerprint density at radius 1 is 1.40 bits per heavy atom. The molecule has 0 aromatic rings. The summed E-state index contributed by atoms with van der Waals surface area (Å²) in [6, 6.07) is 0. The van der Waals surface area contributed by atoms with Crippen molar-refractivity contribution in [2.24, 2.45) is 0 Å². The number of ether oxygens (including phenoxy) is 1. The van der Waals surface area contributed by atoms with Gasteiger partial charge in [-0.05, 0) is 38.2 Å². The molecule has 0 radical (unpaired) electrons. The average molecular weight is 304 g/mol. The number of thioether (sulfide) groups is 1. The van der Waals surface area contributed by atoms with Gasteiger partial charge < -0.3 is 20.5 Å². The van der Waals surface area contributed by atoms with Crippen LogP contribution in [0.15, 0.2) is 0 Å². The summed E-state index contributed by atoms with van der Waals surface area (Å²) in [6.45, 7) is 2.79. The van der Waals surface area contributed by atoms with Gasteiger partial charge in [-0.15, -0.1) is 0 Å². The highest BCUT2D eigenvalue weighted by molar-refractivity contribution is 7.98. The lowest BCUT2D eigenvalue weighted by Gasteiger charge is -2.23. The third-order valence-electron chi connectivity index (χ3n) is 3.20. The predicted octanol–water partition coefficient (Wildman–Crippen LogP) is -0.0981. The lowest BCUT2D eigenvalue weighted by Crippen LogP contribution is -2.47. The molecular formula is C13H24N2O4S. The van der Waals surface area contributed by atoms with E-state index in [0.717, 1.165) is 18.6 Å². The lowest BCUT2D eigenvalue weighted by atomic mass is 10.0. The number of carbonyl (C=O) groups is 2. The minimum Gasteiger partial charge on any atom is -0.388 e. The molecule has 2 amide bonds. The molecule has 1 rings (SSSR count). The number of amides is 2. The molecule has 0 spiro atoms. The first-order chi connectivity index (χ1) is 9.44. The maximum Gasteiger partial charge on any atom is 0.309 e. The van der Waals surface area contributed by atoms with Gasteiger partial charge in [0, 0.05) is 19.7 Å². The Kier molecular flexibility index (Phi) is 7.32. The van der Waals surface area contributed by atoms with Crippen molar-refractivity contribution < 1.29 is 19.4 Å². The van der Waals surface area contributed by atoms with Gasteiger partial charge in [-0.1, -0.05) is 0 Å². The average Bonchev–Trinajstić information content (AvgIpc) is 2.93. The monoisotopic (exact) mass is 304 g/mol. The Hall–Kier alpha value is -0.790. The van der Waals surface area contributed by atoms with Crippen LogP contribution in [0.25, 0.3) is 0 Å². The fraction of sp³-hybridized carbons (Fsp3) is 0.846. The van der Waals surface area contributed by atoms with Gasteiger partial charge in [0.15, 0.2) is 0 Å². The highest BCUT2D eigenvalue weighted by Gasteiger charge is 2.23. The van der Waals surface area contributed by atoms with Crippen LogP contribution in [0.3, 0.4) is 0 Å². The van der Waals surface area contributed by atoms with Crippen molar-refractivity contribution in [1.82, 2.24) is 10.6 Å². The van der Waals surface area contributed by atoms with Crippen molar-refractivity contribution in [3.05, 3.63) is 0 Å². The van der Waals surface area contributed by atoms with Crippen molar-refractivity contribution in [2.75, 3.05) is 31.7 Å². The van der Waals surface area contributed by atoms with Crippen LogP contribution in [0, 0.1) is 0 Å². The van der Waals surface area contributed by atoms with Crippen LogP contribution >= 0.6 is 11.8 Å². The molecule has 20 heavy (non-hydrogen) atoms. The highest BCUT2D eigenvalue weighted by atomic mass is 32.2. The summed E-state index contributed by atoms with van der Waals surface area (Å²) in [5.74, 6) is -0.595. The molecule has 0 aromatic carbocycles. The summed E-state index contributed by atoms with van der Waals surface area (Å²) in [4.78, 5) is 23.2. The number of carbonyl (C=O) groups excluding carboxylic acids is 2. The molecule has 1 heterocycles. The molecule has 1 saturated heterocycles. The van der Waals surface area contributed by atoms with Crippen LogP contribution in [0.5, 0.6) is 0 Å². The van der Waals surface area contributed by atoms with E-state index in [1.165, 1.54) is 0 Å². The first kappa shape index (κ1) is 17.3. The Labute approximate surface area is 124 Å². The molecule has 0 aromatic heterocycles. The van der Waals surface area contributed by atoms with E-state index >= 15 is 0 Å². The summed E-state index contributed by atoms with van der Waals surface area (Å²) < 4.78 is 5.35. The van der Waals surface area contributed by atoms with Gasteiger partial charge in [-0.3, -0.25) is 9.59 Å². The smallest absolute Gasteiger partial charge is 0.309 e. The van der Waals surface area contributed by atoms with E-state index in [1.807, 2.05) is 6.26 Å². The number of aliphatic hydroxyl groups is 1. The Bertz CT molecular complexity index is 330. The number of hydrogen-bond donors (Lipinski definition) is 3. The maximum absolute atomic E-state index is 11.6. The molecule has 7 heteroatoms. The van der Waals surface area contributed by atoms with Crippen molar-refractivity contribution >= 4 is 23.6 Å². The zero-order valence-electron chi connectivity index (χ0n) is 12.1. The van der Waals surface area contributed by atoms with Gasteiger partial charge >= 0.3 is 11.8 Å². The van der Waals surface area contributed by atoms with E-state index in [4.69, 9.17) is 4.74 Å². The van der Waals surface area contributed by atoms with Crippen molar-refractivity contribution in [1.29, 1.82) is 0 Å². The highest BCUT2D eigenvalue weighted by Crippen LogP contribution is 2.11. The first-order valence-electron chi connectivity index (χ1n) is 6.83. The van der Waals surface area contributed by atoms with Crippen molar-refractivity contribution in [3.63, 3.8) is 0 Å². The first-order valence-corrected chi connectivity index (χ1v) is 8.23. The van der Waals surface area contributed by atoms with E-state index in [-0.39, 0.29) is 12.6 Å². The summed E-state index contributed by atoms with van der Waals surface area (Å²) in [7, 11) is 0. The number of rotatable bonds is 7. The summed E-state index contributed by atoms with van der Waals surface area (Å²) in [5.41, 5.74) is -0.993. The van der Waals surface area contributed by atoms with Gasteiger partial charge in [0.2, 0.25) is 0 Å². The number of hydrogen-bond acceptors (Lipinski definition) is 5. The molecule has 0 unspecified atom stereocenters. The zero-order valence-corrected chi connectivity index (χ0v) is 12.9. The largest absolute Gasteiger partial charge is 0.388 e. The SMILES string of the molecule is CSCC[C@@](C)(O)CNC(=O)C(=O)NC[C@@H]1CCCO1. The lowest BCUT2D eigenvalue weighted by molar-refractivity contribution is -0.140. The van der Waals surface area contributed by atoms with Crippen LogP contribution in [0.2, 0.25) is 0 Å². The Morgan fingerprint density at radius 3 is 2.70 bits per heavy atom. The van der Waals surface area contributed by atoms with Crippen LogP contribution in [0.4, 0.5) is 0 Å². The van der Waals surface area contributed by atoms with Crippen LogP contribution in [-0.2, 0) is 14.3 Å². The van der Waals surface area contributed by atoms with Gasteiger partial charge in [0.1, 0.15) is 0 Å². The molecule has 1 fully saturated rings. The predicted molar refractivity (Wildman–Crippen MR) is 78.6 cm³/mol. The minimum absolute atomic E-state index is 0.0106. The summed E-state index contributed by atoms with van der Waals surface area (Å²) in [6.07, 6.45) is 4.42. The molecule has 0 aliphatic carbocycles. The third-order valence-corrected chi connectivity index (χ3v) is 3.81. The molecule has 3 N–H and O–H groups in total. The maximum atomic E-state index is 11.6. The van der Waals surface area contributed by atoms with Gasteiger partial charge in [0.05, 0.1) is 11.7 Å². The molecule has 0 saturated carbocycles. The fourth-order valence-electron chi connectivity index (χ4n) is 1.85. The molecule has 1 aliphatic heterocycles. The fourth-order valence-corrected chi connectivity index (χ4v) is 2.50. The van der Waals surface area contributed by atoms with Crippen molar-refractivity contribution in [3.8, 4) is 0 Å². The van der Waals surface area contributed by atoms with Gasteiger partial charge in [-0.25, -0.2) is 0 Å². The van der Waals surface area contributed by atoms with Crippen molar-refractivity contribution in [2.45, 2.75) is 37.9 Å². The zero-order chi connectivity index (χ0) is 15.0. The van der Waals surface area contributed by atoms with E-state index in [1.54, 1.807) is 18.7 Å². The van der Waals surface area contributed by atoms with E-state index in [2.05, 4.69) is 10.6 Å². The Morgan fingerprint density at radius 2 is 2.10 bits per heavy atom. The normalized spacial score (nSPS) is 21.2. The molecule has 6 nitrogen and oxygen atoms in total. The summed E-state index contributed by atoms with van der Waals surface area (Å²) in [5, 5.41) is 15.0.